The molecule has 0 atom stereocenters. The first-order valence-electron chi connectivity index (χ1n) is 7.59. The van der Waals surface area contributed by atoms with Crippen molar-refractivity contribution in [2.45, 2.75) is 20.0 Å². The van der Waals surface area contributed by atoms with E-state index in [0.29, 0.717) is 6.54 Å². The number of azide groups is 1. The van der Waals surface area contributed by atoms with Crippen molar-refractivity contribution >= 4 is 0 Å². The van der Waals surface area contributed by atoms with Crippen LogP contribution in [-0.2, 0) is 13.1 Å². The fraction of sp³-hybridized carbons (Fsp3) is 0.158. The summed E-state index contributed by atoms with van der Waals surface area (Å²) in [5, 5.41) is 3.73. The minimum atomic E-state index is 0.356. The number of aromatic nitrogens is 1. The van der Waals surface area contributed by atoms with Crippen LogP contribution in [0.5, 0.6) is 0 Å². The van der Waals surface area contributed by atoms with Gasteiger partial charge in [0.1, 0.15) is 0 Å². The molecule has 3 rings (SSSR count). The molecule has 0 radical (unpaired) electrons. The number of rotatable bonds is 5. The Hall–Kier alpha value is -2.97. The van der Waals surface area contributed by atoms with Gasteiger partial charge >= 0.3 is 0 Å². The number of hydrogen-bond acceptors (Lipinski definition) is 1. The van der Waals surface area contributed by atoms with E-state index in [1.807, 2.05) is 30.3 Å². The highest BCUT2D eigenvalue weighted by Gasteiger charge is 2.11. The molecule has 0 fully saturated rings. The second kappa shape index (κ2) is 6.86. The first kappa shape index (κ1) is 14.9. The minimum absolute atomic E-state index is 0.356. The summed E-state index contributed by atoms with van der Waals surface area (Å²) < 4.78 is 2.23. The first-order chi connectivity index (χ1) is 11.3. The highest BCUT2D eigenvalue weighted by molar-refractivity contribution is 5.65. The maximum absolute atomic E-state index is 8.63. The molecule has 114 valence electrons. The van der Waals surface area contributed by atoms with E-state index in [2.05, 4.69) is 57.9 Å². The third-order valence-corrected chi connectivity index (χ3v) is 3.97. The lowest BCUT2D eigenvalue weighted by Crippen LogP contribution is -2.06. The summed E-state index contributed by atoms with van der Waals surface area (Å²) >= 11 is 0. The average molecular weight is 302 g/mol. The number of aryl methyl sites for hydroxylation is 1. The standard InChI is InChI=1S/C19H18N4/c1-15-7-5-6-10-18(15)19-12-11-17(13-21-22-20)23(19)14-16-8-3-2-4-9-16/h2-12H,13-14H2,1H3. The van der Waals surface area contributed by atoms with Crippen molar-refractivity contribution < 1.29 is 0 Å². The Morgan fingerprint density at radius 1 is 0.957 bits per heavy atom. The Balaban J connectivity index is 2.07. The summed E-state index contributed by atoms with van der Waals surface area (Å²) in [5.74, 6) is 0. The zero-order chi connectivity index (χ0) is 16.1. The molecule has 1 aromatic heterocycles. The Labute approximate surface area is 135 Å². The van der Waals surface area contributed by atoms with Crippen molar-refractivity contribution in [3.05, 3.63) is 94.0 Å². The van der Waals surface area contributed by atoms with E-state index in [1.165, 1.54) is 16.7 Å². The topological polar surface area (TPSA) is 53.7 Å². The predicted molar refractivity (Wildman–Crippen MR) is 93.0 cm³/mol. The number of benzene rings is 2. The van der Waals surface area contributed by atoms with E-state index >= 15 is 0 Å². The molecule has 2 aromatic carbocycles. The van der Waals surface area contributed by atoms with E-state index in [1.54, 1.807) is 0 Å². The zero-order valence-corrected chi connectivity index (χ0v) is 13.1. The molecule has 0 unspecified atom stereocenters. The Morgan fingerprint density at radius 3 is 2.43 bits per heavy atom. The van der Waals surface area contributed by atoms with Gasteiger partial charge in [0, 0.05) is 28.4 Å². The second-order valence-corrected chi connectivity index (χ2v) is 5.49. The molecule has 0 saturated heterocycles. The molecule has 0 aliphatic rings. The van der Waals surface area contributed by atoms with Gasteiger partial charge in [0.2, 0.25) is 0 Å². The first-order valence-corrected chi connectivity index (χ1v) is 7.59. The lowest BCUT2D eigenvalue weighted by atomic mass is 10.1. The van der Waals surface area contributed by atoms with Gasteiger partial charge in [0.15, 0.2) is 0 Å². The van der Waals surface area contributed by atoms with E-state index in [0.717, 1.165) is 17.9 Å². The maximum Gasteiger partial charge on any atom is 0.0664 e. The molecule has 4 heteroatoms. The van der Waals surface area contributed by atoms with Crippen LogP contribution in [0.3, 0.4) is 0 Å². The average Bonchev–Trinajstić information content (AvgIpc) is 2.97. The molecule has 3 aromatic rings. The van der Waals surface area contributed by atoms with Crippen LogP contribution in [0.4, 0.5) is 0 Å². The normalized spacial score (nSPS) is 10.3. The molecule has 0 bridgehead atoms. The fourth-order valence-electron chi connectivity index (χ4n) is 2.80. The lowest BCUT2D eigenvalue weighted by Gasteiger charge is -2.14. The lowest BCUT2D eigenvalue weighted by molar-refractivity contribution is 0.749. The van der Waals surface area contributed by atoms with Crippen molar-refractivity contribution in [3.8, 4) is 11.3 Å². The van der Waals surface area contributed by atoms with Crippen molar-refractivity contribution in [1.29, 1.82) is 0 Å². The van der Waals surface area contributed by atoms with Gasteiger partial charge in [0.05, 0.1) is 6.54 Å². The molecule has 0 aliphatic carbocycles. The number of hydrogen-bond donors (Lipinski definition) is 0. The second-order valence-electron chi connectivity index (χ2n) is 5.49. The van der Waals surface area contributed by atoms with Crippen molar-refractivity contribution in [2.24, 2.45) is 5.11 Å². The quantitative estimate of drug-likeness (QED) is 0.348. The molecule has 23 heavy (non-hydrogen) atoms. The zero-order valence-electron chi connectivity index (χ0n) is 13.1. The molecule has 0 saturated carbocycles. The van der Waals surface area contributed by atoms with Crippen LogP contribution in [0, 0.1) is 6.92 Å². The molecule has 0 amide bonds. The largest absolute Gasteiger partial charge is 0.340 e. The summed E-state index contributed by atoms with van der Waals surface area (Å²) in [6.45, 7) is 3.23. The van der Waals surface area contributed by atoms with E-state index < -0.39 is 0 Å². The van der Waals surface area contributed by atoms with Gasteiger partial charge in [-0.25, -0.2) is 0 Å². The fourth-order valence-corrected chi connectivity index (χ4v) is 2.80. The SMILES string of the molecule is Cc1ccccc1-c1ccc(CN=[N+]=[N-])n1Cc1ccccc1. The van der Waals surface area contributed by atoms with Gasteiger partial charge < -0.3 is 4.57 Å². The molecular weight excluding hydrogens is 284 g/mol. The van der Waals surface area contributed by atoms with Crippen LogP contribution in [0.2, 0.25) is 0 Å². The van der Waals surface area contributed by atoms with E-state index in [9.17, 15) is 0 Å². The molecule has 0 aliphatic heterocycles. The van der Waals surface area contributed by atoms with Crippen molar-refractivity contribution in [3.63, 3.8) is 0 Å². The summed E-state index contributed by atoms with van der Waals surface area (Å²) in [7, 11) is 0. The van der Waals surface area contributed by atoms with Gasteiger partial charge in [-0.3, -0.25) is 0 Å². The third-order valence-electron chi connectivity index (χ3n) is 3.97. The van der Waals surface area contributed by atoms with Gasteiger partial charge in [-0.1, -0.05) is 59.7 Å². The van der Waals surface area contributed by atoms with E-state index in [-0.39, 0.29) is 0 Å². The Kier molecular flexibility index (Phi) is 4.46. The molecule has 0 spiro atoms. The Morgan fingerprint density at radius 2 is 1.70 bits per heavy atom. The highest BCUT2D eigenvalue weighted by Crippen LogP contribution is 2.27. The van der Waals surface area contributed by atoms with Gasteiger partial charge in [-0.15, -0.1) is 0 Å². The van der Waals surface area contributed by atoms with Crippen LogP contribution in [0.25, 0.3) is 21.7 Å². The summed E-state index contributed by atoms with van der Waals surface area (Å²) in [6.07, 6.45) is 0. The third kappa shape index (κ3) is 3.28. The van der Waals surface area contributed by atoms with Crippen LogP contribution in [-0.4, -0.2) is 4.57 Å². The molecule has 4 nitrogen and oxygen atoms in total. The Bertz CT molecular complexity index is 843. The predicted octanol–water partition coefficient (Wildman–Crippen LogP) is 5.32. The summed E-state index contributed by atoms with van der Waals surface area (Å²) in [5.41, 5.74) is 14.5. The smallest absolute Gasteiger partial charge is 0.0664 e. The van der Waals surface area contributed by atoms with Gasteiger partial charge in [-0.2, -0.15) is 0 Å². The van der Waals surface area contributed by atoms with Crippen LogP contribution >= 0.6 is 0 Å². The molecule has 0 N–H and O–H groups in total. The van der Waals surface area contributed by atoms with E-state index in [4.69, 9.17) is 5.53 Å². The summed E-state index contributed by atoms with van der Waals surface area (Å²) in [4.78, 5) is 2.89. The van der Waals surface area contributed by atoms with Crippen LogP contribution in [0.1, 0.15) is 16.8 Å². The number of nitrogens with zero attached hydrogens (tertiary/aromatic N) is 4. The van der Waals surface area contributed by atoms with Crippen LogP contribution < -0.4 is 0 Å². The molecular formula is C19H18N4. The van der Waals surface area contributed by atoms with Crippen molar-refractivity contribution in [1.82, 2.24) is 4.57 Å². The van der Waals surface area contributed by atoms with Crippen LogP contribution in [0.15, 0.2) is 71.8 Å². The minimum Gasteiger partial charge on any atom is -0.340 e. The highest BCUT2D eigenvalue weighted by atomic mass is 15.1. The summed E-state index contributed by atoms with van der Waals surface area (Å²) in [6, 6.07) is 22.8. The van der Waals surface area contributed by atoms with Crippen molar-refractivity contribution in [2.75, 3.05) is 0 Å². The monoisotopic (exact) mass is 302 g/mol. The van der Waals surface area contributed by atoms with Gasteiger partial charge in [0.25, 0.3) is 0 Å². The van der Waals surface area contributed by atoms with Gasteiger partial charge in [-0.05, 0) is 35.7 Å². The maximum atomic E-state index is 8.63. The molecule has 1 heterocycles.